The maximum absolute atomic E-state index is 11.2. The summed E-state index contributed by atoms with van der Waals surface area (Å²) >= 11 is 0. The van der Waals surface area contributed by atoms with Gasteiger partial charge in [0.1, 0.15) is 0 Å². The Kier molecular flexibility index (Phi) is 3.47. The van der Waals surface area contributed by atoms with Crippen molar-refractivity contribution < 1.29 is 13.5 Å². The third-order valence-electron chi connectivity index (χ3n) is 1.71. The maximum atomic E-state index is 11.2. The predicted molar refractivity (Wildman–Crippen MR) is 43.8 cm³/mol. The van der Waals surface area contributed by atoms with Crippen molar-refractivity contribution in [2.75, 3.05) is 13.7 Å². The van der Waals surface area contributed by atoms with E-state index in [-0.39, 0.29) is 13.0 Å². The van der Waals surface area contributed by atoms with Gasteiger partial charge >= 0.3 is 0 Å². The van der Waals surface area contributed by atoms with Gasteiger partial charge in [0, 0.05) is 6.61 Å². The standard InChI is InChI=1S/C6H15NO3S/c1-6(2,4-5-8)11(9,10)7-3/h7-8H,4-5H2,1-3H3. The second kappa shape index (κ2) is 3.51. The van der Waals surface area contributed by atoms with E-state index in [2.05, 4.69) is 4.72 Å². The van der Waals surface area contributed by atoms with Gasteiger partial charge < -0.3 is 5.11 Å². The average Bonchev–Trinajstić information content (AvgIpc) is 1.87. The third kappa shape index (κ3) is 2.43. The van der Waals surface area contributed by atoms with Crippen LogP contribution in [0.4, 0.5) is 0 Å². The Labute approximate surface area is 67.7 Å². The molecule has 0 saturated carbocycles. The molecule has 0 spiro atoms. The molecule has 0 saturated heterocycles. The molecule has 0 fully saturated rings. The van der Waals surface area contributed by atoms with Gasteiger partial charge in [-0.25, -0.2) is 13.1 Å². The summed E-state index contributed by atoms with van der Waals surface area (Å²) in [5.41, 5.74) is 0. The zero-order valence-corrected chi connectivity index (χ0v) is 7.90. The lowest BCUT2D eigenvalue weighted by Crippen LogP contribution is -2.40. The Morgan fingerprint density at radius 1 is 1.45 bits per heavy atom. The van der Waals surface area contributed by atoms with Gasteiger partial charge in [0.05, 0.1) is 4.75 Å². The Morgan fingerprint density at radius 3 is 2.18 bits per heavy atom. The number of rotatable bonds is 4. The van der Waals surface area contributed by atoms with Gasteiger partial charge in [-0.05, 0) is 27.3 Å². The minimum Gasteiger partial charge on any atom is -0.396 e. The summed E-state index contributed by atoms with van der Waals surface area (Å²) in [7, 11) is -1.90. The molecule has 0 radical (unpaired) electrons. The van der Waals surface area contributed by atoms with Crippen LogP contribution in [0.2, 0.25) is 0 Å². The van der Waals surface area contributed by atoms with Crippen molar-refractivity contribution in [1.82, 2.24) is 4.72 Å². The minimum atomic E-state index is -3.27. The molecule has 0 aliphatic rings. The molecule has 0 atom stereocenters. The first-order chi connectivity index (χ1) is 4.87. The lowest BCUT2D eigenvalue weighted by Gasteiger charge is -2.22. The normalized spacial score (nSPS) is 13.5. The highest BCUT2D eigenvalue weighted by Gasteiger charge is 2.31. The van der Waals surface area contributed by atoms with Crippen LogP contribution in [0.25, 0.3) is 0 Å². The fourth-order valence-corrected chi connectivity index (χ4v) is 1.59. The Morgan fingerprint density at radius 2 is 1.91 bits per heavy atom. The van der Waals surface area contributed by atoms with E-state index in [1.54, 1.807) is 13.8 Å². The molecule has 5 heteroatoms. The van der Waals surface area contributed by atoms with Gasteiger partial charge in [-0.2, -0.15) is 0 Å². The summed E-state index contributed by atoms with van der Waals surface area (Å²) in [4.78, 5) is 0. The fourth-order valence-electron chi connectivity index (χ4n) is 0.680. The number of hydrogen-bond donors (Lipinski definition) is 2. The highest BCUT2D eigenvalue weighted by molar-refractivity contribution is 7.90. The van der Waals surface area contributed by atoms with Crippen LogP contribution < -0.4 is 4.72 Å². The van der Waals surface area contributed by atoms with E-state index >= 15 is 0 Å². The molecular weight excluding hydrogens is 166 g/mol. The van der Waals surface area contributed by atoms with E-state index < -0.39 is 14.8 Å². The molecule has 0 aromatic heterocycles. The SMILES string of the molecule is CNS(=O)(=O)C(C)(C)CCO. The van der Waals surface area contributed by atoms with Crippen LogP contribution in [0.5, 0.6) is 0 Å². The summed E-state index contributed by atoms with van der Waals surface area (Å²) in [6, 6.07) is 0. The highest BCUT2D eigenvalue weighted by atomic mass is 32.2. The van der Waals surface area contributed by atoms with E-state index in [1.165, 1.54) is 7.05 Å². The number of nitrogens with one attached hydrogen (secondary N) is 1. The van der Waals surface area contributed by atoms with Crippen LogP contribution in [0, 0.1) is 0 Å². The monoisotopic (exact) mass is 181 g/mol. The largest absolute Gasteiger partial charge is 0.396 e. The fraction of sp³-hybridized carbons (Fsp3) is 1.00. The van der Waals surface area contributed by atoms with Crippen molar-refractivity contribution in [3.63, 3.8) is 0 Å². The molecule has 0 unspecified atom stereocenters. The Balaban J connectivity index is 4.55. The van der Waals surface area contributed by atoms with Gasteiger partial charge in [0.25, 0.3) is 0 Å². The van der Waals surface area contributed by atoms with Gasteiger partial charge in [-0.3, -0.25) is 0 Å². The lowest BCUT2D eigenvalue weighted by atomic mass is 10.1. The first kappa shape index (κ1) is 10.9. The van der Waals surface area contributed by atoms with Crippen molar-refractivity contribution in [2.45, 2.75) is 25.0 Å². The molecule has 0 rings (SSSR count). The van der Waals surface area contributed by atoms with Crippen LogP contribution in [-0.2, 0) is 10.0 Å². The molecule has 0 amide bonds. The molecule has 0 heterocycles. The van der Waals surface area contributed by atoms with Crippen LogP contribution in [0.3, 0.4) is 0 Å². The Bertz CT molecular complexity index is 208. The van der Waals surface area contributed by atoms with Crippen molar-refractivity contribution in [3.8, 4) is 0 Å². The van der Waals surface area contributed by atoms with E-state index in [0.29, 0.717) is 0 Å². The number of hydrogen-bond acceptors (Lipinski definition) is 3. The molecule has 0 aliphatic carbocycles. The first-order valence-corrected chi connectivity index (χ1v) is 4.89. The summed E-state index contributed by atoms with van der Waals surface area (Å²) in [5, 5.41) is 8.57. The second-order valence-corrected chi connectivity index (χ2v) is 5.46. The number of aliphatic hydroxyl groups excluding tert-OH is 1. The van der Waals surface area contributed by atoms with E-state index in [1.807, 2.05) is 0 Å². The van der Waals surface area contributed by atoms with Crippen molar-refractivity contribution in [3.05, 3.63) is 0 Å². The first-order valence-electron chi connectivity index (χ1n) is 3.41. The van der Waals surface area contributed by atoms with Gasteiger partial charge in [-0.1, -0.05) is 0 Å². The lowest BCUT2D eigenvalue weighted by molar-refractivity contribution is 0.271. The Hall–Kier alpha value is -0.130. The van der Waals surface area contributed by atoms with Crippen LogP contribution >= 0.6 is 0 Å². The summed E-state index contributed by atoms with van der Waals surface area (Å²) in [5.74, 6) is 0. The van der Waals surface area contributed by atoms with E-state index in [9.17, 15) is 8.42 Å². The molecular formula is C6H15NO3S. The molecule has 0 bridgehead atoms. The molecule has 0 aromatic carbocycles. The van der Waals surface area contributed by atoms with Crippen molar-refractivity contribution in [1.29, 1.82) is 0 Å². The summed E-state index contributed by atoms with van der Waals surface area (Å²) in [6.07, 6.45) is 0.246. The smallest absolute Gasteiger partial charge is 0.216 e. The molecule has 68 valence electrons. The molecule has 0 aliphatic heterocycles. The molecule has 4 nitrogen and oxygen atoms in total. The number of sulfonamides is 1. The number of aliphatic hydroxyl groups is 1. The topological polar surface area (TPSA) is 66.4 Å². The molecule has 11 heavy (non-hydrogen) atoms. The van der Waals surface area contributed by atoms with Gasteiger partial charge in [0.2, 0.25) is 10.0 Å². The molecule has 0 aromatic rings. The summed E-state index contributed by atoms with van der Waals surface area (Å²) < 4.78 is 23.7. The average molecular weight is 181 g/mol. The van der Waals surface area contributed by atoms with Crippen LogP contribution in [0.1, 0.15) is 20.3 Å². The van der Waals surface area contributed by atoms with Crippen LogP contribution in [-0.4, -0.2) is 31.9 Å². The minimum absolute atomic E-state index is 0.117. The quantitative estimate of drug-likeness (QED) is 0.625. The third-order valence-corrected chi connectivity index (χ3v) is 3.91. The van der Waals surface area contributed by atoms with Crippen LogP contribution in [0.15, 0.2) is 0 Å². The van der Waals surface area contributed by atoms with Crippen molar-refractivity contribution in [2.24, 2.45) is 0 Å². The van der Waals surface area contributed by atoms with E-state index in [0.717, 1.165) is 0 Å². The summed E-state index contributed by atoms with van der Waals surface area (Å²) in [6.45, 7) is 3.04. The second-order valence-electron chi connectivity index (χ2n) is 2.94. The van der Waals surface area contributed by atoms with Gasteiger partial charge in [-0.15, -0.1) is 0 Å². The zero-order chi connectivity index (χ0) is 9.12. The van der Waals surface area contributed by atoms with Crippen molar-refractivity contribution >= 4 is 10.0 Å². The molecule has 2 N–H and O–H groups in total. The predicted octanol–water partition coefficient (Wildman–Crippen LogP) is -0.303. The maximum Gasteiger partial charge on any atom is 0.216 e. The van der Waals surface area contributed by atoms with Gasteiger partial charge in [0.15, 0.2) is 0 Å². The van der Waals surface area contributed by atoms with E-state index in [4.69, 9.17) is 5.11 Å². The highest BCUT2D eigenvalue weighted by Crippen LogP contribution is 2.18. The zero-order valence-electron chi connectivity index (χ0n) is 7.09.